The van der Waals surface area contributed by atoms with E-state index in [9.17, 15) is 16.8 Å². The van der Waals surface area contributed by atoms with E-state index in [2.05, 4.69) is 4.98 Å². The average molecular weight is 295 g/mol. The van der Waals surface area contributed by atoms with E-state index in [1.165, 1.54) is 12.4 Å². The number of nitrogens with zero attached hydrogens (tertiary/aromatic N) is 1. The summed E-state index contributed by atoms with van der Waals surface area (Å²) in [4.78, 5) is 3.83. The Labute approximate surface area is 105 Å². The molecule has 18 heavy (non-hydrogen) atoms. The van der Waals surface area contributed by atoms with Crippen molar-refractivity contribution in [3.05, 3.63) is 29.6 Å². The lowest BCUT2D eigenvalue weighted by molar-refractivity contribution is 0.480. The minimum absolute atomic E-state index is 0.0888. The van der Waals surface area contributed by atoms with Gasteiger partial charge in [-0.15, -0.1) is 0 Å². The molecule has 0 saturated heterocycles. The van der Waals surface area contributed by atoms with Gasteiger partial charge in [-0.3, -0.25) is 14.1 Å². The topological polar surface area (TPSA) is 122 Å². The van der Waals surface area contributed by atoms with Crippen molar-refractivity contribution >= 4 is 20.2 Å². The fourth-order valence-corrected chi connectivity index (χ4v) is 2.30. The summed E-state index contributed by atoms with van der Waals surface area (Å²) in [5.74, 6) is -0.840. The van der Waals surface area contributed by atoms with Crippen LogP contribution in [0.4, 0.5) is 0 Å². The van der Waals surface area contributed by atoms with Gasteiger partial charge < -0.3 is 0 Å². The van der Waals surface area contributed by atoms with Crippen molar-refractivity contribution in [3.63, 3.8) is 0 Å². The largest absolute Gasteiger partial charge is 0.286 e. The first-order valence-electron chi connectivity index (χ1n) is 4.99. The van der Waals surface area contributed by atoms with Crippen LogP contribution in [0.2, 0.25) is 0 Å². The van der Waals surface area contributed by atoms with E-state index in [0.29, 0.717) is 11.1 Å². The van der Waals surface area contributed by atoms with Crippen molar-refractivity contribution in [1.29, 1.82) is 0 Å². The molecule has 9 heteroatoms. The molecular formula is C9H13NO6S2. The van der Waals surface area contributed by atoms with Crippen LogP contribution in [0.1, 0.15) is 11.1 Å². The van der Waals surface area contributed by atoms with Crippen molar-refractivity contribution in [2.75, 3.05) is 11.5 Å². The number of aromatic nitrogens is 1. The monoisotopic (exact) mass is 295 g/mol. The van der Waals surface area contributed by atoms with E-state index < -0.39 is 31.7 Å². The number of rotatable bonds is 6. The lowest BCUT2D eigenvalue weighted by atomic mass is 10.1. The van der Waals surface area contributed by atoms with Gasteiger partial charge in [-0.25, -0.2) is 0 Å². The fourth-order valence-electron chi connectivity index (χ4n) is 1.31. The van der Waals surface area contributed by atoms with Gasteiger partial charge in [-0.1, -0.05) is 6.07 Å². The predicted molar refractivity (Wildman–Crippen MR) is 64.5 cm³/mol. The van der Waals surface area contributed by atoms with Crippen LogP contribution in [0.15, 0.2) is 18.5 Å². The molecule has 0 aromatic carbocycles. The summed E-state index contributed by atoms with van der Waals surface area (Å²) >= 11 is 0. The van der Waals surface area contributed by atoms with E-state index >= 15 is 0 Å². The molecule has 0 amide bonds. The highest BCUT2D eigenvalue weighted by molar-refractivity contribution is 7.86. The molecule has 102 valence electrons. The zero-order valence-electron chi connectivity index (χ0n) is 9.35. The van der Waals surface area contributed by atoms with Crippen molar-refractivity contribution in [3.8, 4) is 0 Å². The summed E-state index contributed by atoms with van der Waals surface area (Å²) in [5, 5.41) is 0. The van der Waals surface area contributed by atoms with E-state index in [0.717, 1.165) is 0 Å². The zero-order valence-corrected chi connectivity index (χ0v) is 11.0. The lowest BCUT2D eigenvalue weighted by Gasteiger charge is -2.03. The Hall–Kier alpha value is -1.03. The third-order valence-electron chi connectivity index (χ3n) is 2.15. The molecule has 0 aliphatic carbocycles. The third kappa shape index (κ3) is 6.64. The van der Waals surface area contributed by atoms with Crippen molar-refractivity contribution in [1.82, 2.24) is 4.98 Å². The molecule has 0 saturated carbocycles. The first-order valence-corrected chi connectivity index (χ1v) is 8.21. The molecule has 0 aliphatic heterocycles. The highest BCUT2D eigenvalue weighted by Crippen LogP contribution is 2.06. The summed E-state index contributed by atoms with van der Waals surface area (Å²) in [6.07, 6.45) is 3.04. The Balaban J connectivity index is 2.68. The van der Waals surface area contributed by atoms with E-state index in [4.69, 9.17) is 9.11 Å². The molecule has 0 bridgehead atoms. The molecule has 0 spiro atoms. The van der Waals surface area contributed by atoms with Crippen LogP contribution in [0.5, 0.6) is 0 Å². The summed E-state index contributed by atoms with van der Waals surface area (Å²) in [6, 6.07) is 1.59. The van der Waals surface area contributed by atoms with Crippen LogP contribution in [-0.4, -0.2) is 42.4 Å². The minimum Gasteiger partial charge on any atom is -0.286 e. The highest BCUT2D eigenvalue weighted by Gasteiger charge is 2.08. The molecule has 1 aromatic rings. The lowest BCUT2D eigenvalue weighted by Crippen LogP contribution is -2.09. The Bertz CT molecular complexity index is 556. The number of hydrogen-bond donors (Lipinski definition) is 2. The minimum atomic E-state index is -4.03. The van der Waals surface area contributed by atoms with Gasteiger partial charge in [0.25, 0.3) is 20.2 Å². The SMILES string of the molecule is O=S(=O)(O)CCc1cncc(CCS(=O)(=O)O)c1. The molecule has 2 N–H and O–H groups in total. The quantitative estimate of drug-likeness (QED) is 0.705. The molecule has 7 nitrogen and oxygen atoms in total. The van der Waals surface area contributed by atoms with Crippen LogP contribution in [0, 0.1) is 0 Å². The molecular weight excluding hydrogens is 282 g/mol. The number of pyridine rings is 1. The summed E-state index contributed by atoms with van der Waals surface area (Å²) < 4.78 is 59.5. The second-order valence-corrected chi connectivity index (χ2v) is 6.92. The Morgan fingerprint density at radius 1 is 0.889 bits per heavy atom. The second-order valence-electron chi connectivity index (χ2n) is 3.77. The van der Waals surface area contributed by atoms with Gasteiger partial charge in [-0.2, -0.15) is 16.8 Å². The summed E-state index contributed by atoms with van der Waals surface area (Å²) in [5.41, 5.74) is 1.14. The molecule has 1 heterocycles. The van der Waals surface area contributed by atoms with Gasteiger partial charge in [0, 0.05) is 12.4 Å². The highest BCUT2D eigenvalue weighted by atomic mass is 32.2. The van der Waals surface area contributed by atoms with Crippen LogP contribution in [0.25, 0.3) is 0 Å². The van der Waals surface area contributed by atoms with Gasteiger partial charge in [-0.05, 0) is 24.0 Å². The molecule has 1 aromatic heterocycles. The number of hydrogen-bond acceptors (Lipinski definition) is 5. The first kappa shape index (κ1) is 15.0. The van der Waals surface area contributed by atoms with E-state index in [1.54, 1.807) is 6.07 Å². The maximum atomic E-state index is 10.6. The maximum Gasteiger partial charge on any atom is 0.265 e. The molecule has 0 aliphatic rings. The normalized spacial score (nSPS) is 12.6. The van der Waals surface area contributed by atoms with E-state index in [-0.39, 0.29) is 12.8 Å². The van der Waals surface area contributed by atoms with Gasteiger partial charge in [0.15, 0.2) is 0 Å². The maximum absolute atomic E-state index is 10.6. The fraction of sp³-hybridized carbons (Fsp3) is 0.444. The Morgan fingerprint density at radius 3 is 1.61 bits per heavy atom. The van der Waals surface area contributed by atoms with Crippen molar-refractivity contribution in [2.24, 2.45) is 0 Å². The second kappa shape index (κ2) is 5.74. The van der Waals surface area contributed by atoms with Gasteiger partial charge in [0.05, 0.1) is 11.5 Å². The van der Waals surface area contributed by atoms with Crippen molar-refractivity contribution in [2.45, 2.75) is 12.8 Å². The molecule has 0 radical (unpaired) electrons. The van der Waals surface area contributed by atoms with Crippen LogP contribution < -0.4 is 0 Å². The summed E-state index contributed by atoms with van der Waals surface area (Å²) in [7, 11) is -8.07. The third-order valence-corrected chi connectivity index (χ3v) is 3.59. The Kier molecular flexibility index (Phi) is 4.79. The van der Waals surface area contributed by atoms with Crippen LogP contribution in [0.3, 0.4) is 0 Å². The first-order chi connectivity index (χ1) is 8.16. The summed E-state index contributed by atoms with van der Waals surface area (Å²) in [6.45, 7) is 0. The van der Waals surface area contributed by atoms with Crippen LogP contribution >= 0.6 is 0 Å². The zero-order chi connectivity index (χ0) is 13.8. The van der Waals surface area contributed by atoms with Crippen molar-refractivity contribution < 1.29 is 25.9 Å². The Morgan fingerprint density at radius 2 is 1.28 bits per heavy atom. The number of aryl methyl sites for hydroxylation is 2. The van der Waals surface area contributed by atoms with Gasteiger partial charge in [0.2, 0.25) is 0 Å². The molecule has 0 fully saturated rings. The van der Waals surface area contributed by atoms with Crippen LogP contribution in [-0.2, 0) is 33.1 Å². The van der Waals surface area contributed by atoms with Gasteiger partial charge >= 0.3 is 0 Å². The molecule has 1 rings (SSSR count). The molecule has 0 atom stereocenters. The standard InChI is InChI=1S/C9H13NO6S2/c11-17(12,13)3-1-8-5-9(7-10-6-8)2-4-18(14,15)16/h5-7H,1-4H2,(H,11,12,13)(H,14,15,16). The van der Waals surface area contributed by atoms with E-state index in [1.807, 2.05) is 0 Å². The average Bonchev–Trinajstić information content (AvgIpc) is 2.22. The smallest absolute Gasteiger partial charge is 0.265 e. The predicted octanol–water partition coefficient (Wildman–Crippen LogP) is -0.0578. The molecule has 0 unspecified atom stereocenters. The van der Waals surface area contributed by atoms with Gasteiger partial charge in [0.1, 0.15) is 0 Å².